The van der Waals surface area contributed by atoms with Gasteiger partial charge in [-0.15, -0.1) is 0 Å². The summed E-state index contributed by atoms with van der Waals surface area (Å²) in [4.78, 5) is 47.6. The molecule has 47 heavy (non-hydrogen) atoms. The maximum atomic E-state index is 13.9. The Labute approximate surface area is 282 Å². The molecule has 1 N–H and O–H groups in total. The van der Waals surface area contributed by atoms with Crippen molar-refractivity contribution in [1.82, 2.24) is 14.7 Å². The third kappa shape index (κ3) is 8.94. The highest BCUT2D eigenvalue weighted by molar-refractivity contribution is 7.80. The van der Waals surface area contributed by atoms with Gasteiger partial charge in [-0.1, -0.05) is 30.3 Å². The number of rotatable bonds is 14. The van der Waals surface area contributed by atoms with E-state index >= 15 is 0 Å². The fourth-order valence-corrected chi connectivity index (χ4v) is 6.37. The molecule has 3 aromatic rings. The van der Waals surface area contributed by atoms with Gasteiger partial charge in [-0.2, -0.15) is 0 Å². The molecule has 0 spiro atoms. The molecule has 0 aromatic heterocycles. The van der Waals surface area contributed by atoms with Crippen LogP contribution in [-0.4, -0.2) is 96.1 Å². The van der Waals surface area contributed by atoms with Crippen LogP contribution in [0.25, 0.3) is 0 Å². The van der Waals surface area contributed by atoms with Crippen molar-refractivity contribution >= 4 is 46.5 Å². The Kier molecular flexibility index (Phi) is 11.9. The van der Waals surface area contributed by atoms with E-state index in [2.05, 4.69) is 39.4 Å². The van der Waals surface area contributed by atoms with Gasteiger partial charge < -0.3 is 24.6 Å². The number of hydrogen-bond donors (Lipinski definition) is 1. The van der Waals surface area contributed by atoms with Crippen LogP contribution in [0.15, 0.2) is 78.9 Å². The molecule has 11 heteroatoms. The number of carbonyl (C=O) groups excluding carboxylic acids is 3. The molecule has 2 fully saturated rings. The highest BCUT2D eigenvalue weighted by Crippen LogP contribution is 2.28. The Morgan fingerprint density at radius 1 is 0.851 bits per heavy atom. The van der Waals surface area contributed by atoms with E-state index in [0.717, 1.165) is 51.4 Å². The van der Waals surface area contributed by atoms with Gasteiger partial charge in [0, 0.05) is 45.0 Å². The predicted molar refractivity (Wildman–Crippen MR) is 187 cm³/mol. The van der Waals surface area contributed by atoms with Gasteiger partial charge in [0.15, 0.2) is 5.11 Å². The fraction of sp³-hybridized carbons (Fsp3) is 0.389. The number of nitrogens with zero attached hydrogens (tertiary/aromatic N) is 4. The summed E-state index contributed by atoms with van der Waals surface area (Å²) < 4.78 is 10.6. The van der Waals surface area contributed by atoms with E-state index in [-0.39, 0.29) is 24.8 Å². The largest absolute Gasteiger partial charge is 0.494 e. The van der Waals surface area contributed by atoms with Gasteiger partial charge in [0.25, 0.3) is 5.91 Å². The number of benzene rings is 3. The standard InChI is InChI=1S/C36H43N5O5S/c1-3-45-31-17-13-29(14-18-31)37-33(42)25-32-34(43)41(30-15-11-28(12-16-30)35(44)46-4-2)36(47)40(32)20-8-19-38-21-23-39(24-22-38)26-27-9-6-5-7-10-27/h5-7,9-18,32H,3-4,8,19-26H2,1-2H3,(H,37,42)/t32-/m1/s1. The smallest absolute Gasteiger partial charge is 0.338 e. The van der Waals surface area contributed by atoms with Crippen molar-refractivity contribution in [3.05, 3.63) is 90.0 Å². The van der Waals surface area contributed by atoms with Crippen molar-refractivity contribution in [1.29, 1.82) is 0 Å². The quantitative estimate of drug-likeness (QED) is 0.194. The van der Waals surface area contributed by atoms with Crippen molar-refractivity contribution in [3.63, 3.8) is 0 Å². The normalized spacial score (nSPS) is 17.2. The first-order valence-electron chi connectivity index (χ1n) is 16.3. The van der Waals surface area contributed by atoms with Gasteiger partial charge in [0.05, 0.1) is 30.9 Å². The molecular formula is C36H43N5O5S. The van der Waals surface area contributed by atoms with Gasteiger partial charge in [0.1, 0.15) is 11.8 Å². The molecule has 0 unspecified atom stereocenters. The molecule has 2 amide bonds. The summed E-state index contributed by atoms with van der Waals surface area (Å²) in [6.45, 7) is 10.8. The molecule has 1 atom stereocenters. The third-order valence-corrected chi connectivity index (χ3v) is 8.79. The van der Waals surface area contributed by atoms with Crippen LogP contribution < -0.4 is 15.0 Å². The van der Waals surface area contributed by atoms with Gasteiger partial charge >= 0.3 is 5.97 Å². The van der Waals surface area contributed by atoms with Crippen molar-refractivity contribution in [2.24, 2.45) is 0 Å². The number of amides is 2. The lowest BCUT2D eigenvalue weighted by Crippen LogP contribution is -2.47. The summed E-state index contributed by atoms with van der Waals surface area (Å²) in [6, 6.07) is 23.5. The predicted octanol–water partition coefficient (Wildman–Crippen LogP) is 4.80. The van der Waals surface area contributed by atoms with Crippen LogP contribution in [0.1, 0.15) is 42.6 Å². The topological polar surface area (TPSA) is 94.7 Å². The Morgan fingerprint density at radius 2 is 1.53 bits per heavy atom. The maximum absolute atomic E-state index is 13.9. The molecule has 0 aliphatic carbocycles. The number of hydrogen-bond acceptors (Lipinski definition) is 8. The zero-order valence-corrected chi connectivity index (χ0v) is 27.9. The van der Waals surface area contributed by atoms with E-state index in [1.54, 1.807) is 55.5 Å². The minimum absolute atomic E-state index is 0.0538. The lowest BCUT2D eigenvalue weighted by atomic mass is 10.1. The molecule has 0 bridgehead atoms. The number of nitrogens with one attached hydrogen (secondary N) is 1. The number of ether oxygens (including phenoxy) is 2. The summed E-state index contributed by atoms with van der Waals surface area (Å²) >= 11 is 5.87. The molecular weight excluding hydrogens is 614 g/mol. The summed E-state index contributed by atoms with van der Waals surface area (Å²) in [5.41, 5.74) is 2.88. The molecule has 5 rings (SSSR count). The second-order valence-corrected chi connectivity index (χ2v) is 12.0. The van der Waals surface area contributed by atoms with Crippen molar-refractivity contribution in [2.75, 3.05) is 62.7 Å². The number of piperazine rings is 1. The van der Waals surface area contributed by atoms with Crippen LogP contribution in [-0.2, 0) is 20.9 Å². The Morgan fingerprint density at radius 3 is 2.19 bits per heavy atom. The SMILES string of the molecule is CCOC(=O)c1ccc(N2C(=O)[C@@H](CC(=O)Nc3ccc(OCC)cc3)N(CCCN3CCN(Cc4ccccc4)CC3)C2=S)cc1. The number of carbonyl (C=O) groups is 3. The number of anilines is 2. The van der Waals surface area contributed by atoms with E-state index in [9.17, 15) is 14.4 Å². The molecule has 248 valence electrons. The molecule has 0 radical (unpaired) electrons. The van der Waals surface area contributed by atoms with E-state index < -0.39 is 12.0 Å². The minimum atomic E-state index is -0.752. The molecule has 10 nitrogen and oxygen atoms in total. The van der Waals surface area contributed by atoms with Crippen LogP contribution in [0.5, 0.6) is 5.75 Å². The van der Waals surface area contributed by atoms with Crippen molar-refractivity contribution in [2.45, 2.75) is 39.3 Å². The first-order chi connectivity index (χ1) is 22.9. The average molecular weight is 658 g/mol. The van der Waals surface area contributed by atoms with E-state index in [4.69, 9.17) is 21.7 Å². The average Bonchev–Trinajstić information content (AvgIpc) is 3.31. The van der Waals surface area contributed by atoms with Crippen LogP contribution >= 0.6 is 12.2 Å². The molecule has 2 aliphatic rings. The third-order valence-electron chi connectivity index (χ3n) is 8.37. The van der Waals surface area contributed by atoms with Gasteiger partial charge in [0.2, 0.25) is 5.91 Å². The van der Waals surface area contributed by atoms with Crippen molar-refractivity contribution < 1.29 is 23.9 Å². The van der Waals surface area contributed by atoms with Crippen molar-refractivity contribution in [3.8, 4) is 5.75 Å². The molecule has 2 aliphatic heterocycles. The molecule has 0 saturated carbocycles. The Hall–Kier alpha value is -4.32. The Balaban J connectivity index is 1.22. The molecule has 2 heterocycles. The summed E-state index contributed by atoms with van der Waals surface area (Å²) in [6.07, 6.45) is 0.737. The summed E-state index contributed by atoms with van der Waals surface area (Å²) in [7, 11) is 0. The summed E-state index contributed by atoms with van der Waals surface area (Å²) in [5.74, 6) is -0.263. The zero-order chi connectivity index (χ0) is 33.2. The van der Waals surface area contributed by atoms with E-state index in [1.165, 1.54) is 10.5 Å². The first kappa shape index (κ1) is 34.0. The number of esters is 1. The second kappa shape index (κ2) is 16.5. The highest BCUT2D eigenvalue weighted by atomic mass is 32.1. The lowest BCUT2D eigenvalue weighted by Gasteiger charge is -2.35. The van der Waals surface area contributed by atoms with Crippen LogP contribution in [0.4, 0.5) is 11.4 Å². The van der Waals surface area contributed by atoms with Gasteiger partial charge in [-0.3, -0.25) is 19.4 Å². The highest BCUT2D eigenvalue weighted by Gasteiger charge is 2.44. The molecule has 2 saturated heterocycles. The zero-order valence-electron chi connectivity index (χ0n) is 27.1. The molecule has 3 aromatic carbocycles. The second-order valence-electron chi connectivity index (χ2n) is 11.6. The van der Waals surface area contributed by atoms with E-state index in [0.29, 0.717) is 35.2 Å². The Bertz CT molecular complexity index is 1510. The van der Waals surface area contributed by atoms with Crippen LogP contribution in [0, 0.1) is 0 Å². The van der Waals surface area contributed by atoms with Gasteiger partial charge in [-0.25, -0.2) is 4.79 Å². The van der Waals surface area contributed by atoms with Crippen LogP contribution in [0.2, 0.25) is 0 Å². The van der Waals surface area contributed by atoms with E-state index in [1.807, 2.05) is 17.9 Å². The fourth-order valence-electron chi connectivity index (χ4n) is 5.95. The van der Waals surface area contributed by atoms with Gasteiger partial charge in [-0.05, 0) is 93.1 Å². The lowest BCUT2D eigenvalue weighted by molar-refractivity contribution is -0.124. The maximum Gasteiger partial charge on any atom is 0.338 e. The minimum Gasteiger partial charge on any atom is -0.494 e. The summed E-state index contributed by atoms with van der Waals surface area (Å²) in [5, 5.41) is 3.26. The van der Waals surface area contributed by atoms with Crippen LogP contribution in [0.3, 0.4) is 0 Å². The monoisotopic (exact) mass is 657 g/mol. The first-order valence-corrected chi connectivity index (χ1v) is 16.7. The number of thiocarbonyl (C=S) groups is 1.